The summed E-state index contributed by atoms with van der Waals surface area (Å²) in [6.45, 7) is 1.82. The van der Waals surface area contributed by atoms with Gasteiger partial charge in [0.15, 0.2) is 0 Å². The van der Waals surface area contributed by atoms with E-state index in [-0.39, 0.29) is 17.3 Å². The second-order valence-electron chi connectivity index (χ2n) is 7.43. The Labute approximate surface area is 199 Å². The average Bonchev–Trinajstić information content (AvgIpc) is 3.35. The number of nitrogens with one attached hydrogen (secondary N) is 3. The minimum atomic E-state index is -0.529. The van der Waals surface area contributed by atoms with Crippen LogP contribution in [-0.4, -0.2) is 17.7 Å². The van der Waals surface area contributed by atoms with E-state index in [0.29, 0.717) is 16.1 Å². The molecule has 1 aromatic heterocycles. The molecule has 0 saturated heterocycles. The number of amides is 3. The highest BCUT2D eigenvalue weighted by Gasteiger charge is 2.14. The number of rotatable bonds is 5. The van der Waals surface area contributed by atoms with Crippen LogP contribution in [0.5, 0.6) is 0 Å². The van der Waals surface area contributed by atoms with E-state index in [4.69, 9.17) is 0 Å². The SMILES string of the molecule is Cc1ccc(C(=O)NNC(=O)c2ccc(-c3ccc(F)cc3)s2)cc1NC(=O)c1ccccc1. The summed E-state index contributed by atoms with van der Waals surface area (Å²) in [5, 5.41) is 2.81. The lowest BCUT2D eigenvalue weighted by atomic mass is 10.1. The fourth-order valence-corrected chi connectivity index (χ4v) is 4.07. The summed E-state index contributed by atoms with van der Waals surface area (Å²) in [5.74, 6) is -1.63. The maximum absolute atomic E-state index is 13.1. The molecule has 3 N–H and O–H groups in total. The molecule has 0 radical (unpaired) electrons. The van der Waals surface area contributed by atoms with Gasteiger partial charge in [0.2, 0.25) is 0 Å². The van der Waals surface area contributed by atoms with Gasteiger partial charge in [0.25, 0.3) is 17.7 Å². The molecule has 4 rings (SSSR count). The van der Waals surface area contributed by atoms with Crippen molar-refractivity contribution in [2.24, 2.45) is 0 Å². The molecule has 0 spiro atoms. The number of halogens is 1. The molecule has 0 aliphatic heterocycles. The second kappa shape index (κ2) is 10.1. The first kappa shape index (κ1) is 22.9. The first-order valence-corrected chi connectivity index (χ1v) is 11.2. The third-order valence-corrected chi connectivity index (χ3v) is 6.17. The van der Waals surface area contributed by atoms with E-state index in [1.54, 1.807) is 66.7 Å². The second-order valence-corrected chi connectivity index (χ2v) is 8.51. The number of anilines is 1. The number of thiophene rings is 1. The van der Waals surface area contributed by atoms with E-state index >= 15 is 0 Å². The van der Waals surface area contributed by atoms with Crippen LogP contribution < -0.4 is 16.2 Å². The molecular formula is C26H20FN3O3S. The fraction of sp³-hybridized carbons (Fsp3) is 0.0385. The Hall–Kier alpha value is -4.30. The first-order valence-electron chi connectivity index (χ1n) is 10.3. The zero-order chi connectivity index (χ0) is 24.1. The predicted molar refractivity (Wildman–Crippen MR) is 130 cm³/mol. The van der Waals surface area contributed by atoms with Gasteiger partial charge in [-0.15, -0.1) is 11.3 Å². The standard InChI is InChI=1S/C26H20FN3O3S/c1-16-7-8-19(15-21(16)28-24(31)18-5-3-2-4-6-18)25(32)29-30-26(33)23-14-13-22(34-23)17-9-11-20(27)12-10-17/h2-15H,1H3,(H,28,31)(H,29,32)(H,30,33). The van der Waals surface area contributed by atoms with Crippen LogP contribution in [0.2, 0.25) is 0 Å². The van der Waals surface area contributed by atoms with Gasteiger partial charge in [-0.05, 0) is 66.6 Å². The third kappa shape index (κ3) is 5.36. The Morgan fingerprint density at radius 2 is 1.44 bits per heavy atom. The van der Waals surface area contributed by atoms with Crippen LogP contribution in [-0.2, 0) is 0 Å². The molecule has 0 unspecified atom stereocenters. The molecule has 0 aliphatic rings. The molecule has 8 heteroatoms. The highest BCUT2D eigenvalue weighted by atomic mass is 32.1. The minimum Gasteiger partial charge on any atom is -0.322 e. The molecule has 34 heavy (non-hydrogen) atoms. The van der Waals surface area contributed by atoms with Gasteiger partial charge >= 0.3 is 0 Å². The van der Waals surface area contributed by atoms with E-state index in [0.717, 1.165) is 16.0 Å². The van der Waals surface area contributed by atoms with Crippen LogP contribution in [0, 0.1) is 12.7 Å². The fourth-order valence-electron chi connectivity index (χ4n) is 3.16. The van der Waals surface area contributed by atoms with Crippen molar-refractivity contribution in [3.63, 3.8) is 0 Å². The van der Waals surface area contributed by atoms with Crippen molar-refractivity contribution in [2.75, 3.05) is 5.32 Å². The molecule has 0 aliphatic carbocycles. The summed E-state index contributed by atoms with van der Waals surface area (Å²) >= 11 is 1.22. The van der Waals surface area contributed by atoms with Gasteiger partial charge in [-0.2, -0.15) is 0 Å². The molecule has 0 fully saturated rings. The maximum atomic E-state index is 13.1. The number of benzene rings is 3. The Morgan fingerprint density at radius 1 is 0.735 bits per heavy atom. The zero-order valence-electron chi connectivity index (χ0n) is 18.1. The Kier molecular flexibility index (Phi) is 6.79. The molecule has 170 valence electrons. The Balaban J connectivity index is 1.39. The summed E-state index contributed by atoms with van der Waals surface area (Å²) in [7, 11) is 0. The summed E-state index contributed by atoms with van der Waals surface area (Å²) in [6, 6.07) is 23.0. The van der Waals surface area contributed by atoms with E-state index in [1.807, 2.05) is 13.0 Å². The van der Waals surface area contributed by atoms with Crippen molar-refractivity contribution in [3.05, 3.63) is 112 Å². The maximum Gasteiger partial charge on any atom is 0.279 e. The quantitative estimate of drug-likeness (QED) is 0.349. The lowest BCUT2D eigenvalue weighted by molar-refractivity contribution is 0.0849. The largest absolute Gasteiger partial charge is 0.322 e. The van der Waals surface area contributed by atoms with Crippen molar-refractivity contribution in [3.8, 4) is 10.4 Å². The van der Waals surface area contributed by atoms with Crippen molar-refractivity contribution >= 4 is 34.7 Å². The van der Waals surface area contributed by atoms with Gasteiger partial charge in [0.05, 0.1) is 4.88 Å². The van der Waals surface area contributed by atoms with Crippen LogP contribution in [0.15, 0.2) is 84.9 Å². The number of hydrogen-bond donors (Lipinski definition) is 3. The Bertz CT molecular complexity index is 1350. The predicted octanol–water partition coefficient (Wildman–Crippen LogP) is 5.19. The van der Waals surface area contributed by atoms with Crippen molar-refractivity contribution in [2.45, 2.75) is 6.92 Å². The van der Waals surface area contributed by atoms with Gasteiger partial charge in [-0.3, -0.25) is 25.2 Å². The minimum absolute atomic E-state index is 0.271. The molecular weight excluding hydrogens is 453 g/mol. The lowest BCUT2D eigenvalue weighted by Crippen LogP contribution is -2.41. The molecule has 6 nitrogen and oxygen atoms in total. The highest BCUT2D eigenvalue weighted by molar-refractivity contribution is 7.17. The topological polar surface area (TPSA) is 87.3 Å². The molecule has 1 heterocycles. The van der Waals surface area contributed by atoms with Gasteiger partial charge < -0.3 is 5.32 Å². The van der Waals surface area contributed by atoms with E-state index in [1.165, 1.54) is 23.5 Å². The van der Waals surface area contributed by atoms with Crippen LogP contribution in [0.25, 0.3) is 10.4 Å². The van der Waals surface area contributed by atoms with E-state index in [2.05, 4.69) is 16.2 Å². The van der Waals surface area contributed by atoms with Crippen molar-refractivity contribution < 1.29 is 18.8 Å². The molecule has 3 aromatic carbocycles. The summed E-state index contributed by atoms with van der Waals surface area (Å²) in [5.41, 5.74) is 7.63. The average molecular weight is 474 g/mol. The molecule has 0 saturated carbocycles. The molecule has 0 atom stereocenters. The van der Waals surface area contributed by atoms with Gasteiger partial charge in [-0.25, -0.2) is 4.39 Å². The lowest BCUT2D eigenvalue weighted by Gasteiger charge is -2.11. The molecule has 3 amide bonds. The zero-order valence-corrected chi connectivity index (χ0v) is 18.9. The van der Waals surface area contributed by atoms with Crippen LogP contribution in [0.1, 0.15) is 36.0 Å². The normalized spacial score (nSPS) is 10.4. The molecule has 0 bridgehead atoms. The van der Waals surface area contributed by atoms with Crippen LogP contribution >= 0.6 is 11.3 Å². The summed E-state index contributed by atoms with van der Waals surface area (Å²) in [6.07, 6.45) is 0. The monoisotopic (exact) mass is 473 g/mol. The van der Waals surface area contributed by atoms with Crippen LogP contribution in [0.3, 0.4) is 0 Å². The number of carbonyl (C=O) groups excluding carboxylic acids is 3. The van der Waals surface area contributed by atoms with Gasteiger partial charge in [-0.1, -0.05) is 36.4 Å². The number of carbonyl (C=O) groups is 3. The third-order valence-electron chi connectivity index (χ3n) is 5.03. The molecule has 4 aromatic rings. The number of aryl methyl sites for hydroxylation is 1. The van der Waals surface area contributed by atoms with Crippen molar-refractivity contribution in [1.82, 2.24) is 10.9 Å². The highest BCUT2D eigenvalue weighted by Crippen LogP contribution is 2.28. The van der Waals surface area contributed by atoms with Gasteiger partial charge in [0.1, 0.15) is 5.82 Å². The van der Waals surface area contributed by atoms with E-state index < -0.39 is 11.8 Å². The smallest absolute Gasteiger partial charge is 0.279 e. The summed E-state index contributed by atoms with van der Waals surface area (Å²) in [4.78, 5) is 38.7. The van der Waals surface area contributed by atoms with Crippen molar-refractivity contribution in [1.29, 1.82) is 0 Å². The summed E-state index contributed by atoms with van der Waals surface area (Å²) < 4.78 is 13.1. The van der Waals surface area contributed by atoms with E-state index in [9.17, 15) is 18.8 Å². The first-order chi connectivity index (χ1) is 16.4. The van der Waals surface area contributed by atoms with Crippen LogP contribution in [0.4, 0.5) is 10.1 Å². The van der Waals surface area contributed by atoms with Gasteiger partial charge in [0, 0.05) is 21.7 Å². The number of hydrazine groups is 1. The Morgan fingerprint density at radius 3 is 2.18 bits per heavy atom. The number of hydrogen-bond acceptors (Lipinski definition) is 4.